The Morgan fingerprint density at radius 3 is 2.45 bits per heavy atom. The van der Waals surface area contributed by atoms with Crippen molar-refractivity contribution in [1.82, 2.24) is 25.1 Å². The third-order valence-electron chi connectivity index (χ3n) is 8.30. The van der Waals surface area contributed by atoms with Crippen LogP contribution in [0.2, 0.25) is 0 Å². The SMILES string of the molecule is O=S(=O)(Nc1ccc2[nH]nc(-c3nc4ccc(N5CCC(N6CCCCC6)CC5)cc4[nH]3)c2c1)c1ccccc1. The fourth-order valence-electron chi connectivity index (χ4n) is 6.15. The number of likely N-dealkylation sites (tertiary alicyclic amines) is 1. The molecule has 0 saturated carbocycles. The van der Waals surface area contributed by atoms with E-state index in [9.17, 15) is 8.42 Å². The first-order valence-corrected chi connectivity index (χ1v) is 15.6. The van der Waals surface area contributed by atoms with Gasteiger partial charge in [-0.2, -0.15) is 5.10 Å². The minimum Gasteiger partial charge on any atom is -0.371 e. The minimum atomic E-state index is -3.70. The highest BCUT2D eigenvalue weighted by molar-refractivity contribution is 7.92. The van der Waals surface area contributed by atoms with E-state index in [-0.39, 0.29) is 4.90 Å². The molecule has 5 aromatic rings. The Kier molecular flexibility index (Phi) is 6.44. The van der Waals surface area contributed by atoms with Crippen molar-refractivity contribution in [2.24, 2.45) is 0 Å². The van der Waals surface area contributed by atoms with Crippen molar-refractivity contribution < 1.29 is 8.42 Å². The summed E-state index contributed by atoms with van der Waals surface area (Å²) in [6.45, 7) is 4.66. The first-order chi connectivity index (χ1) is 19.5. The van der Waals surface area contributed by atoms with Gasteiger partial charge in [-0.05, 0) is 87.3 Å². The van der Waals surface area contributed by atoms with Crippen LogP contribution >= 0.6 is 0 Å². The van der Waals surface area contributed by atoms with Crippen LogP contribution in [-0.2, 0) is 10.0 Å². The van der Waals surface area contributed by atoms with Crippen molar-refractivity contribution in [2.45, 2.75) is 43.0 Å². The van der Waals surface area contributed by atoms with Gasteiger partial charge in [0.2, 0.25) is 0 Å². The molecular weight excluding hydrogens is 522 g/mol. The average Bonchev–Trinajstić information content (AvgIpc) is 3.61. The van der Waals surface area contributed by atoms with E-state index in [1.807, 2.05) is 6.07 Å². The number of aromatic amines is 2. The third kappa shape index (κ3) is 4.82. The Bertz CT molecular complexity index is 1750. The first kappa shape index (κ1) is 25.1. The van der Waals surface area contributed by atoms with Gasteiger partial charge in [-0.1, -0.05) is 24.6 Å². The van der Waals surface area contributed by atoms with Crippen molar-refractivity contribution in [3.05, 3.63) is 66.7 Å². The lowest BCUT2D eigenvalue weighted by Crippen LogP contribution is -2.46. The molecule has 40 heavy (non-hydrogen) atoms. The van der Waals surface area contributed by atoms with Crippen LogP contribution in [0.1, 0.15) is 32.1 Å². The van der Waals surface area contributed by atoms with Gasteiger partial charge in [0.1, 0.15) is 5.69 Å². The number of H-pyrrole nitrogens is 2. The van der Waals surface area contributed by atoms with E-state index >= 15 is 0 Å². The van der Waals surface area contributed by atoms with Gasteiger partial charge >= 0.3 is 0 Å². The highest BCUT2D eigenvalue weighted by Crippen LogP contribution is 2.31. The molecule has 7 rings (SSSR count). The van der Waals surface area contributed by atoms with Crippen LogP contribution in [-0.4, -0.2) is 65.7 Å². The largest absolute Gasteiger partial charge is 0.371 e. The number of hydrogen-bond acceptors (Lipinski definition) is 6. The number of fused-ring (bicyclic) bond motifs is 2. The average molecular weight is 556 g/mol. The molecule has 2 aromatic heterocycles. The quantitative estimate of drug-likeness (QED) is 0.260. The molecule has 2 aliphatic heterocycles. The zero-order chi connectivity index (χ0) is 27.1. The number of nitrogens with zero attached hydrogens (tertiary/aromatic N) is 4. The monoisotopic (exact) mass is 555 g/mol. The summed E-state index contributed by atoms with van der Waals surface area (Å²) in [5.74, 6) is 0.644. The number of hydrogen-bond donors (Lipinski definition) is 3. The Morgan fingerprint density at radius 1 is 0.850 bits per heavy atom. The second kappa shape index (κ2) is 10.3. The zero-order valence-corrected chi connectivity index (χ0v) is 23.1. The molecule has 4 heterocycles. The molecular formula is C30H33N7O2S. The molecule has 2 aliphatic rings. The van der Waals surface area contributed by atoms with Crippen molar-refractivity contribution >= 4 is 43.3 Å². The molecule has 0 aliphatic carbocycles. The summed E-state index contributed by atoms with van der Waals surface area (Å²) in [5.41, 5.74) is 4.96. The molecule has 0 spiro atoms. The molecule has 0 bridgehead atoms. The Labute approximate surface area is 233 Å². The maximum Gasteiger partial charge on any atom is 0.261 e. The Balaban J connectivity index is 1.12. The minimum absolute atomic E-state index is 0.214. The lowest BCUT2D eigenvalue weighted by Gasteiger charge is -2.41. The summed E-state index contributed by atoms with van der Waals surface area (Å²) >= 11 is 0. The van der Waals surface area contributed by atoms with E-state index in [1.54, 1.807) is 42.5 Å². The van der Waals surface area contributed by atoms with Crippen molar-refractivity contribution in [3.63, 3.8) is 0 Å². The van der Waals surface area contributed by atoms with Crippen molar-refractivity contribution in [1.29, 1.82) is 0 Å². The highest BCUT2D eigenvalue weighted by Gasteiger charge is 2.26. The second-order valence-corrected chi connectivity index (χ2v) is 12.5. The fourth-order valence-corrected chi connectivity index (χ4v) is 7.22. The number of imidazole rings is 1. The summed E-state index contributed by atoms with van der Waals surface area (Å²) in [6, 6.07) is 20.8. The van der Waals surface area contributed by atoms with Crippen LogP contribution in [0, 0.1) is 0 Å². The summed E-state index contributed by atoms with van der Waals surface area (Å²) in [7, 11) is -3.70. The smallest absolute Gasteiger partial charge is 0.261 e. The van der Waals surface area contributed by atoms with Gasteiger partial charge < -0.3 is 14.8 Å². The van der Waals surface area contributed by atoms with E-state index in [2.05, 4.69) is 47.9 Å². The van der Waals surface area contributed by atoms with Gasteiger partial charge in [0.25, 0.3) is 10.0 Å². The van der Waals surface area contributed by atoms with Crippen LogP contribution in [0.5, 0.6) is 0 Å². The molecule has 206 valence electrons. The van der Waals surface area contributed by atoms with Gasteiger partial charge in [0.05, 0.1) is 21.4 Å². The predicted molar refractivity (Wildman–Crippen MR) is 159 cm³/mol. The van der Waals surface area contributed by atoms with Gasteiger partial charge in [0.15, 0.2) is 5.82 Å². The maximum absolute atomic E-state index is 12.8. The molecule has 0 atom stereocenters. The van der Waals surface area contributed by atoms with Crippen molar-refractivity contribution in [3.8, 4) is 11.5 Å². The van der Waals surface area contributed by atoms with Crippen LogP contribution in [0.25, 0.3) is 33.5 Å². The van der Waals surface area contributed by atoms with E-state index in [0.29, 0.717) is 23.2 Å². The summed E-state index contributed by atoms with van der Waals surface area (Å²) in [5, 5.41) is 8.34. The molecule has 3 aromatic carbocycles. The standard InChI is InChI=1S/C30H33N7O2S/c38-40(39,24-7-3-1-4-8-24)35-21-9-11-26-25(19-21)29(34-33-26)30-31-27-12-10-23(20-28(27)32-30)37-17-13-22(14-18-37)36-15-5-2-6-16-36/h1,3-4,7-12,19-20,22,35H,2,5-6,13-18H2,(H,31,32)(H,33,34). The van der Waals surface area contributed by atoms with E-state index in [4.69, 9.17) is 4.98 Å². The van der Waals surface area contributed by atoms with E-state index in [1.165, 1.54) is 50.9 Å². The zero-order valence-electron chi connectivity index (χ0n) is 22.3. The first-order valence-electron chi connectivity index (χ1n) is 14.1. The highest BCUT2D eigenvalue weighted by atomic mass is 32.2. The number of nitrogens with one attached hydrogen (secondary N) is 3. The molecule has 0 unspecified atom stereocenters. The van der Waals surface area contributed by atoms with E-state index in [0.717, 1.165) is 35.0 Å². The maximum atomic E-state index is 12.8. The van der Waals surface area contributed by atoms with E-state index < -0.39 is 10.0 Å². The van der Waals surface area contributed by atoms with Crippen LogP contribution in [0.15, 0.2) is 71.6 Å². The van der Waals surface area contributed by atoms with Gasteiger partial charge in [-0.3, -0.25) is 9.82 Å². The Morgan fingerprint density at radius 2 is 1.65 bits per heavy atom. The molecule has 10 heteroatoms. The Hall–Kier alpha value is -3.89. The lowest BCUT2D eigenvalue weighted by atomic mass is 9.99. The molecule has 3 N–H and O–H groups in total. The number of piperidine rings is 2. The number of benzene rings is 3. The number of rotatable bonds is 6. The predicted octanol–water partition coefficient (Wildman–Crippen LogP) is 5.36. The van der Waals surface area contributed by atoms with Gasteiger partial charge in [0, 0.05) is 35.9 Å². The molecule has 0 radical (unpaired) electrons. The van der Waals surface area contributed by atoms with Crippen LogP contribution < -0.4 is 9.62 Å². The number of aromatic nitrogens is 4. The summed E-state index contributed by atoms with van der Waals surface area (Å²) in [4.78, 5) is 13.7. The normalized spacial score (nSPS) is 17.6. The molecule has 2 saturated heterocycles. The number of sulfonamides is 1. The number of anilines is 2. The van der Waals surface area contributed by atoms with Gasteiger partial charge in [-0.15, -0.1) is 0 Å². The topological polar surface area (TPSA) is 110 Å². The van der Waals surface area contributed by atoms with Crippen LogP contribution in [0.4, 0.5) is 11.4 Å². The van der Waals surface area contributed by atoms with Crippen molar-refractivity contribution in [2.75, 3.05) is 35.8 Å². The second-order valence-electron chi connectivity index (χ2n) is 10.9. The summed E-state index contributed by atoms with van der Waals surface area (Å²) < 4.78 is 28.4. The van der Waals surface area contributed by atoms with Gasteiger partial charge in [-0.25, -0.2) is 13.4 Å². The molecule has 2 fully saturated rings. The summed E-state index contributed by atoms with van der Waals surface area (Å²) in [6.07, 6.45) is 6.48. The molecule has 0 amide bonds. The molecule has 9 nitrogen and oxygen atoms in total. The lowest BCUT2D eigenvalue weighted by molar-refractivity contribution is 0.141. The third-order valence-corrected chi connectivity index (χ3v) is 9.69. The fraction of sp³-hybridized carbons (Fsp3) is 0.333. The van der Waals surface area contributed by atoms with Crippen LogP contribution in [0.3, 0.4) is 0 Å².